The minimum absolute atomic E-state index is 0.0336. The largest absolute Gasteiger partial charge is 0.439 e. The van der Waals surface area contributed by atoms with Crippen molar-refractivity contribution < 1.29 is 12.9 Å². The van der Waals surface area contributed by atoms with Gasteiger partial charge in [0.1, 0.15) is 11.3 Å². The Hall–Kier alpha value is -5.23. The zero-order chi connectivity index (χ0) is 36.0. The highest BCUT2D eigenvalue weighted by molar-refractivity contribution is 6.19. The number of aromatic nitrogens is 4. The van der Waals surface area contributed by atoms with Crippen LogP contribution in [0.2, 0.25) is 0 Å². The molecule has 0 saturated heterocycles. The van der Waals surface area contributed by atoms with Gasteiger partial charge in [-0.25, -0.2) is 15.0 Å². The smallest absolute Gasteiger partial charge is 0.227 e. The second kappa shape index (κ2) is 10.9. The Morgan fingerprint density at radius 1 is 0.708 bits per heavy atom. The topological polar surface area (TPSA) is 69.9 Å². The van der Waals surface area contributed by atoms with E-state index in [1.807, 2.05) is 30.3 Å². The number of pyridine rings is 1. The van der Waals surface area contributed by atoms with Gasteiger partial charge in [0.25, 0.3) is 0 Å². The van der Waals surface area contributed by atoms with Crippen LogP contribution in [0.1, 0.15) is 87.1 Å². The van der Waals surface area contributed by atoms with Gasteiger partial charge in [-0.15, -0.1) is 0 Å². The molecule has 8 rings (SSSR count). The summed E-state index contributed by atoms with van der Waals surface area (Å²) in [7, 11) is 0. The maximum absolute atomic E-state index is 8.01. The van der Waals surface area contributed by atoms with Crippen LogP contribution < -0.4 is 0 Å². The normalized spacial score (nSPS) is 13.7. The van der Waals surface area contributed by atoms with Crippen LogP contribution in [-0.4, -0.2) is 19.5 Å². The van der Waals surface area contributed by atoms with Crippen molar-refractivity contribution in [3.05, 3.63) is 108 Å². The molecule has 0 aliphatic heterocycles. The van der Waals surface area contributed by atoms with Crippen LogP contribution in [0.15, 0.2) is 93.8 Å². The average molecular weight is 636 g/mol. The Morgan fingerprint density at radius 2 is 1.42 bits per heavy atom. The van der Waals surface area contributed by atoms with E-state index in [4.69, 9.17) is 22.9 Å². The molecule has 6 nitrogen and oxygen atoms in total. The first kappa shape index (κ1) is 26.8. The molecule has 0 spiro atoms. The van der Waals surface area contributed by atoms with Gasteiger partial charge < -0.3 is 8.83 Å². The lowest BCUT2D eigenvalue weighted by Gasteiger charge is -2.24. The van der Waals surface area contributed by atoms with Crippen molar-refractivity contribution in [3.63, 3.8) is 0 Å². The van der Waals surface area contributed by atoms with Gasteiger partial charge in [0.15, 0.2) is 11.2 Å². The molecule has 6 heteroatoms. The number of hydrogen-bond acceptors (Lipinski definition) is 5. The highest BCUT2D eigenvalue weighted by Crippen LogP contribution is 2.45. The SMILES string of the molecule is [2H]C([2H])([2H])c1ccc2c(n1)oc1c(-c3nc4ccccc4n3-c3c(C(C)C)cc(-c4ccccc4)cc3C(C)C)cc3nc(C(C)(C)C)oc3c12. The number of imidazole rings is 1. The van der Waals surface area contributed by atoms with Crippen molar-refractivity contribution >= 4 is 44.2 Å². The van der Waals surface area contributed by atoms with Crippen LogP contribution in [-0.2, 0) is 5.41 Å². The quantitative estimate of drug-likeness (QED) is 0.188. The summed E-state index contributed by atoms with van der Waals surface area (Å²) >= 11 is 0. The summed E-state index contributed by atoms with van der Waals surface area (Å²) in [6.07, 6.45) is 0. The Morgan fingerprint density at radius 3 is 2.10 bits per heavy atom. The molecule has 0 amide bonds. The van der Waals surface area contributed by atoms with E-state index < -0.39 is 6.85 Å². The lowest BCUT2D eigenvalue weighted by Crippen LogP contribution is -2.11. The lowest BCUT2D eigenvalue weighted by atomic mass is 9.88. The zero-order valence-electron chi connectivity index (χ0n) is 31.3. The summed E-state index contributed by atoms with van der Waals surface area (Å²) < 4.78 is 39.4. The van der Waals surface area contributed by atoms with Crippen LogP contribution in [0.4, 0.5) is 0 Å². The number of furan rings is 1. The van der Waals surface area contributed by atoms with Crippen LogP contribution in [0.3, 0.4) is 0 Å². The minimum atomic E-state index is -2.39. The third-order valence-corrected chi connectivity index (χ3v) is 9.15. The molecule has 0 radical (unpaired) electrons. The first-order chi connectivity index (χ1) is 24.2. The van der Waals surface area contributed by atoms with Gasteiger partial charge in [-0.2, -0.15) is 0 Å². The molecule has 0 aliphatic rings. The monoisotopic (exact) mass is 635 g/mol. The van der Waals surface area contributed by atoms with Gasteiger partial charge in [0, 0.05) is 15.2 Å². The number of aryl methyl sites for hydroxylation is 1. The molecule has 0 fully saturated rings. The molecule has 4 heterocycles. The molecule has 4 aromatic heterocycles. The van der Waals surface area contributed by atoms with Gasteiger partial charge in [-0.1, -0.05) is 90.9 Å². The van der Waals surface area contributed by atoms with Crippen molar-refractivity contribution in [1.29, 1.82) is 0 Å². The maximum atomic E-state index is 8.01. The zero-order valence-corrected chi connectivity index (χ0v) is 28.3. The van der Waals surface area contributed by atoms with Crippen molar-refractivity contribution in [2.45, 2.75) is 72.6 Å². The Balaban J connectivity index is 1.52. The van der Waals surface area contributed by atoms with E-state index in [0.717, 1.165) is 16.7 Å². The number of nitrogens with zero attached hydrogens (tertiary/aromatic N) is 4. The predicted molar refractivity (Wildman–Crippen MR) is 196 cm³/mol. The van der Waals surface area contributed by atoms with Gasteiger partial charge in [-0.3, -0.25) is 4.57 Å². The lowest BCUT2D eigenvalue weighted by molar-refractivity contribution is 0.412. The number of oxazole rings is 1. The molecule has 0 atom stereocenters. The highest BCUT2D eigenvalue weighted by atomic mass is 16.4. The van der Waals surface area contributed by atoms with E-state index in [1.165, 1.54) is 28.3 Å². The summed E-state index contributed by atoms with van der Waals surface area (Å²) in [4.78, 5) is 14.8. The molecule has 0 unspecified atom stereocenters. The minimum Gasteiger partial charge on any atom is -0.439 e. The standard InChI is InChI=1S/C42H40N4O2/c1-23(2)29-20-27(26-14-10-9-11-15-26)21-30(24(3)4)36(29)46-34-17-13-12-16-32(34)44-39(46)31-22-33-38(48-41(45-33)42(6,7)8)35-28-19-18-25(5)43-40(28)47-37(31)35/h9-24H,1-8H3/i5D3. The van der Waals surface area contributed by atoms with Gasteiger partial charge >= 0.3 is 0 Å². The van der Waals surface area contributed by atoms with Gasteiger partial charge in [-0.05, 0) is 83.4 Å². The van der Waals surface area contributed by atoms with E-state index in [0.29, 0.717) is 44.7 Å². The fraction of sp³-hybridized carbons (Fsp3) is 0.262. The fourth-order valence-electron chi connectivity index (χ4n) is 6.74. The van der Waals surface area contributed by atoms with Crippen molar-refractivity contribution in [2.75, 3.05) is 0 Å². The van der Waals surface area contributed by atoms with Crippen LogP contribution in [0.25, 0.3) is 72.4 Å². The average Bonchev–Trinajstić information content (AvgIpc) is 3.80. The van der Waals surface area contributed by atoms with Crippen LogP contribution >= 0.6 is 0 Å². The van der Waals surface area contributed by atoms with Crippen molar-refractivity contribution in [1.82, 2.24) is 19.5 Å². The molecule has 240 valence electrons. The van der Waals surface area contributed by atoms with Gasteiger partial charge in [0.2, 0.25) is 11.6 Å². The molecule has 8 aromatic rings. The molecular weight excluding hydrogens is 592 g/mol. The van der Waals surface area contributed by atoms with Crippen molar-refractivity contribution in [3.8, 4) is 28.2 Å². The number of fused-ring (bicyclic) bond motifs is 6. The summed E-state index contributed by atoms with van der Waals surface area (Å²) in [6.45, 7) is 12.7. The summed E-state index contributed by atoms with van der Waals surface area (Å²) in [5.74, 6) is 1.66. The second-order valence-electron chi connectivity index (χ2n) is 14.3. The molecule has 4 aromatic carbocycles. The van der Waals surface area contributed by atoms with Crippen LogP contribution in [0.5, 0.6) is 0 Å². The van der Waals surface area contributed by atoms with E-state index in [9.17, 15) is 0 Å². The molecule has 0 aliphatic carbocycles. The predicted octanol–water partition coefficient (Wildman–Crippen LogP) is 11.6. The molecule has 0 bridgehead atoms. The van der Waals surface area contributed by atoms with E-state index >= 15 is 0 Å². The first-order valence-electron chi connectivity index (χ1n) is 18.1. The van der Waals surface area contributed by atoms with Crippen molar-refractivity contribution in [2.24, 2.45) is 0 Å². The number of para-hydroxylation sites is 2. The van der Waals surface area contributed by atoms with E-state index in [1.54, 1.807) is 6.07 Å². The van der Waals surface area contributed by atoms with E-state index in [-0.39, 0.29) is 28.7 Å². The Kier molecular flexibility index (Phi) is 6.09. The maximum Gasteiger partial charge on any atom is 0.227 e. The fourth-order valence-corrected chi connectivity index (χ4v) is 6.74. The molecular formula is C42H40N4O2. The number of hydrogen-bond donors (Lipinski definition) is 0. The van der Waals surface area contributed by atoms with Gasteiger partial charge in [0.05, 0.1) is 33.1 Å². The summed E-state index contributed by atoms with van der Waals surface area (Å²) in [5, 5.41) is 1.35. The Labute approximate surface area is 284 Å². The summed E-state index contributed by atoms with van der Waals surface area (Å²) in [5.41, 5.74) is 9.93. The highest BCUT2D eigenvalue weighted by Gasteiger charge is 2.29. The van der Waals surface area contributed by atoms with E-state index in [2.05, 4.69) is 100 Å². The first-order valence-corrected chi connectivity index (χ1v) is 16.6. The summed E-state index contributed by atoms with van der Waals surface area (Å²) in [6, 6.07) is 28.6. The molecule has 48 heavy (non-hydrogen) atoms. The van der Waals surface area contributed by atoms with Crippen LogP contribution in [0, 0.1) is 6.85 Å². The number of rotatable bonds is 5. The third-order valence-electron chi connectivity index (χ3n) is 9.15. The second-order valence-corrected chi connectivity index (χ2v) is 14.3. The molecule has 0 N–H and O–H groups in total. The number of benzene rings is 4. The molecule has 0 saturated carbocycles. The third kappa shape index (κ3) is 4.73. The Bertz CT molecular complexity index is 2590.